The first-order chi connectivity index (χ1) is 10.0. The summed E-state index contributed by atoms with van der Waals surface area (Å²) in [6.07, 6.45) is 2.58. The van der Waals surface area contributed by atoms with Crippen molar-refractivity contribution in [3.63, 3.8) is 0 Å². The third-order valence-electron chi connectivity index (χ3n) is 3.45. The van der Waals surface area contributed by atoms with Crippen molar-refractivity contribution in [3.05, 3.63) is 58.9 Å². The highest BCUT2D eigenvalue weighted by Crippen LogP contribution is 2.40. The number of ketones is 1. The number of pyridine rings is 1. The minimum atomic E-state index is -1.91. The number of anilines is 1. The van der Waals surface area contributed by atoms with E-state index >= 15 is 0 Å². The van der Waals surface area contributed by atoms with Crippen LogP contribution in [0.1, 0.15) is 22.3 Å². The van der Waals surface area contributed by atoms with Gasteiger partial charge in [-0.25, -0.2) is 0 Å². The van der Waals surface area contributed by atoms with E-state index in [2.05, 4.69) is 10.3 Å². The average Bonchev–Trinajstić information content (AvgIpc) is 2.72. The van der Waals surface area contributed by atoms with Crippen molar-refractivity contribution in [2.45, 2.75) is 12.0 Å². The standard InChI is InChI=1S/C15H11ClN2O3/c16-10-3-4-12-11(6-10)15(21,14(20)18-12)7-13(19)9-2-1-5-17-8-9/h1-6,8,21H,7H2,(H,18,20)/t15-/m1/s1. The Bertz CT molecular complexity index is 733. The van der Waals surface area contributed by atoms with E-state index in [1.54, 1.807) is 30.5 Å². The molecule has 106 valence electrons. The first-order valence-corrected chi connectivity index (χ1v) is 6.65. The maximum absolute atomic E-state index is 12.2. The number of carbonyl (C=O) groups is 2. The van der Waals surface area contributed by atoms with E-state index in [9.17, 15) is 14.7 Å². The molecule has 1 aliphatic heterocycles. The SMILES string of the molecule is O=C(C[C@]1(O)C(=O)Nc2ccc(Cl)cc21)c1cccnc1. The average molecular weight is 303 g/mol. The highest BCUT2D eigenvalue weighted by molar-refractivity contribution is 6.31. The van der Waals surface area contributed by atoms with E-state index in [1.165, 1.54) is 12.3 Å². The van der Waals surface area contributed by atoms with E-state index in [0.29, 0.717) is 21.8 Å². The zero-order valence-corrected chi connectivity index (χ0v) is 11.6. The lowest BCUT2D eigenvalue weighted by Crippen LogP contribution is -2.36. The monoisotopic (exact) mass is 302 g/mol. The number of fused-ring (bicyclic) bond motifs is 1. The lowest BCUT2D eigenvalue weighted by Gasteiger charge is -2.20. The van der Waals surface area contributed by atoms with E-state index < -0.39 is 11.5 Å². The van der Waals surface area contributed by atoms with Crippen LogP contribution in [0.2, 0.25) is 5.02 Å². The molecule has 1 aliphatic rings. The van der Waals surface area contributed by atoms with Crippen LogP contribution in [0.4, 0.5) is 5.69 Å². The molecular formula is C15H11ClN2O3. The van der Waals surface area contributed by atoms with Gasteiger partial charge < -0.3 is 10.4 Å². The molecule has 0 saturated heterocycles. The number of benzene rings is 1. The van der Waals surface area contributed by atoms with Crippen LogP contribution in [0.3, 0.4) is 0 Å². The van der Waals surface area contributed by atoms with Gasteiger partial charge in [0, 0.05) is 34.2 Å². The van der Waals surface area contributed by atoms with Gasteiger partial charge in [0.05, 0.1) is 6.42 Å². The van der Waals surface area contributed by atoms with Crippen molar-refractivity contribution in [2.24, 2.45) is 0 Å². The molecule has 2 aromatic rings. The lowest BCUT2D eigenvalue weighted by molar-refractivity contribution is -0.133. The minimum Gasteiger partial charge on any atom is -0.375 e. The van der Waals surface area contributed by atoms with Gasteiger partial charge in [0.2, 0.25) is 0 Å². The van der Waals surface area contributed by atoms with Crippen LogP contribution in [0.15, 0.2) is 42.7 Å². The highest BCUT2D eigenvalue weighted by atomic mass is 35.5. The second-order valence-corrected chi connectivity index (χ2v) is 5.28. The predicted molar refractivity (Wildman–Crippen MR) is 77.2 cm³/mol. The van der Waals surface area contributed by atoms with Gasteiger partial charge in [-0.05, 0) is 30.3 Å². The molecule has 0 aliphatic carbocycles. The molecule has 0 unspecified atom stereocenters. The molecule has 0 bridgehead atoms. The number of amides is 1. The summed E-state index contributed by atoms with van der Waals surface area (Å²) in [4.78, 5) is 28.1. The topological polar surface area (TPSA) is 79.3 Å². The molecule has 0 saturated carbocycles. The van der Waals surface area contributed by atoms with E-state index in [0.717, 1.165) is 0 Å². The Morgan fingerprint density at radius 2 is 2.19 bits per heavy atom. The van der Waals surface area contributed by atoms with Crippen molar-refractivity contribution in [2.75, 3.05) is 5.32 Å². The number of nitrogens with zero attached hydrogens (tertiary/aromatic N) is 1. The molecule has 3 rings (SSSR count). The first kappa shape index (κ1) is 13.7. The van der Waals surface area contributed by atoms with Gasteiger partial charge in [0.1, 0.15) is 0 Å². The van der Waals surface area contributed by atoms with Crippen molar-refractivity contribution in [1.29, 1.82) is 0 Å². The smallest absolute Gasteiger partial charge is 0.261 e. The van der Waals surface area contributed by atoms with Crippen LogP contribution in [-0.2, 0) is 10.4 Å². The van der Waals surface area contributed by atoms with Gasteiger partial charge in [-0.3, -0.25) is 14.6 Å². The van der Waals surface area contributed by atoms with Crippen LogP contribution in [0.5, 0.6) is 0 Å². The van der Waals surface area contributed by atoms with Gasteiger partial charge in [0.25, 0.3) is 5.91 Å². The summed E-state index contributed by atoms with van der Waals surface area (Å²) in [6.45, 7) is 0. The summed E-state index contributed by atoms with van der Waals surface area (Å²) in [7, 11) is 0. The van der Waals surface area contributed by atoms with E-state index in [-0.39, 0.29) is 12.2 Å². The largest absolute Gasteiger partial charge is 0.375 e. The van der Waals surface area contributed by atoms with Gasteiger partial charge in [-0.2, -0.15) is 0 Å². The molecule has 1 amide bonds. The van der Waals surface area contributed by atoms with Crippen molar-refractivity contribution < 1.29 is 14.7 Å². The van der Waals surface area contributed by atoms with Crippen molar-refractivity contribution in [1.82, 2.24) is 4.98 Å². The molecule has 1 atom stereocenters. The van der Waals surface area contributed by atoms with Crippen LogP contribution in [0.25, 0.3) is 0 Å². The number of hydrogen-bond acceptors (Lipinski definition) is 4. The molecule has 6 heteroatoms. The Kier molecular flexibility index (Phi) is 3.23. The maximum atomic E-state index is 12.2. The summed E-state index contributed by atoms with van der Waals surface area (Å²) in [5, 5.41) is 13.6. The number of halogens is 1. The molecule has 2 heterocycles. The minimum absolute atomic E-state index is 0.317. The summed E-state index contributed by atoms with van der Waals surface area (Å²) in [5.74, 6) is -0.995. The third kappa shape index (κ3) is 2.30. The summed E-state index contributed by atoms with van der Waals surface area (Å²) in [6, 6.07) is 7.91. The fourth-order valence-electron chi connectivity index (χ4n) is 2.35. The number of hydrogen-bond donors (Lipinski definition) is 2. The molecule has 2 N–H and O–H groups in total. The van der Waals surface area contributed by atoms with Crippen LogP contribution in [-0.4, -0.2) is 21.8 Å². The van der Waals surface area contributed by atoms with E-state index in [1.807, 2.05) is 0 Å². The number of aromatic nitrogens is 1. The summed E-state index contributed by atoms with van der Waals surface area (Å²) in [5.41, 5.74) is -0.787. The molecule has 21 heavy (non-hydrogen) atoms. The maximum Gasteiger partial charge on any atom is 0.261 e. The molecule has 0 spiro atoms. The van der Waals surface area contributed by atoms with Gasteiger partial charge in [-0.15, -0.1) is 0 Å². The zero-order valence-electron chi connectivity index (χ0n) is 10.8. The van der Waals surface area contributed by atoms with E-state index in [4.69, 9.17) is 11.6 Å². The fourth-order valence-corrected chi connectivity index (χ4v) is 2.53. The molecular weight excluding hydrogens is 292 g/mol. The van der Waals surface area contributed by atoms with Crippen LogP contribution in [0, 0.1) is 0 Å². The Morgan fingerprint density at radius 1 is 1.38 bits per heavy atom. The third-order valence-corrected chi connectivity index (χ3v) is 3.69. The van der Waals surface area contributed by atoms with Crippen LogP contribution < -0.4 is 5.32 Å². The molecule has 0 radical (unpaired) electrons. The normalized spacial score (nSPS) is 20.0. The second-order valence-electron chi connectivity index (χ2n) is 4.85. The van der Waals surface area contributed by atoms with Gasteiger partial charge in [-0.1, -0.05) is 11.6 Å². The number of aliphatic hydroxyl groups is 1. The Morgan fingerprint density at radius 3 is 2.90 bits per heavy atom. The number of carbonyl (C=O) groups excluding carboxylic acids is 2. The van der Waals surface area contributed by atoms with Crippen molar-refractivity contribution in [3.8, 4) is 0 Å². The molecule has 1 aromatic heterocycles. The van der Waals surface area contributed by atoms with Crippen LogP contribution >= 0.6 is 11.6 Å². The Labute approximate surface area is 125 Å². The zero-order chi connectivity index (χ0) is 15.0. The van der Waals surface area contributed by atoms with Crippen molar-refractivity contribution >= 4 is 29.0 Å². The molecule has 1 aromatic carbocycles. The van der Waals surface area contributed by atoms with Gasteiger partial charge in [0.15, 0.2) is 11.4 Å². The second kappa shape index (κ2) is 4.95. The number of Topliss-reactive ketones (excluding diaryl/α,β-unsaturated/α-hetero) is 1. The number of nitrogens with one attached hydrogen (secondary N) is 1. The Hall–Kier alpha value is -2.24. The predicted octanol–water partition coefficient (Wildman–Crippen LogP) is 2.15. The van der Waals surface area contributed by atoms with Gasteiger partial charge >= 0.3 is 0 Å². The lowest BCUT2D eigenvalue weighted by atomic mass is 9.88. The Balaban J connectivity index is 1.97. The first-order valence-electron chi connectivity index (χ1n) is 6.28. The quantitative estimate of drug-likeness (QED) is 0.851. The molecule has 5 nitrogen and oxygen atoms in total. The number of rotatable bonds is 3. The fraction of sp³-hybridized carbons (Fsp3) is 0.133. The summed E-state index contributed by atoms with van der Waals surface area (Å²) < 4.78 is 0. The molecule has 0 fully saturated rings. The highest BCUT2D eigenvalue weighted by Gasteiger charge is 2.46. The summed E-state index contributed by atoms with van der Waals surface area (Å²) >= 11 is 5.91.